The second-order valence-corrected chi connectivity index (χ2v) is 8.14. The zero-order valence-electron chi connectivity index (χ0n) is 18.4. The Morgan fingerprint density at radius 2 is 2.00 bits per heavy atom. The SMILES string of the molecule is CCOc1ccccc1Oc1c(C)oc2c3c(ccc2c1=O)OCN(C[C@H]1CCCO1)C3. The molecule has 0 aliphatic carbocycles. The highest BCUT2D eigenvalue weighted by Gasteiger charge is 2.27. The molecule has 168 valence electrons. The molecular weight excluding hydrogens is 410 g/mol. The van der Waals surface area contributed by atoms with Crippen LogP contribution >= 0.6 is 0 Å². The third-order valence-corrected chi connectivity index (χ3v) is 5.87. The Labute approximate surface area is 186 Å². The average Bonchev–Trinajstić information content (AvgIpc) is 3.31. The Hall–Kier alpha value is -3.03. The van der Waals surface area contributed by atoms with Crippen molar-refractivity contribution in [1.29, 1.82) is 0 Å². The molecule has 0 amide bonds. The molecule has 2 aromatic carbocycles. The van der Waals surface area contributed by atoms with Gasteiger partial charge in [0.25, 0.3) is 0 Å². The van der Waals surface area contributed by atoms with Crippen molar-refractivity contribution in [2.75, 3.05) is 26.5 Å². The molecule has 2 aliphatic heterocycles. The summed E-state index contributed by atoms with van der Waals surface area (Å²) < 4.78 is 29.5. The molecule has 0 saturated carbocycles. The quantitative estimate of drug-likeness (QED) is 0.557. The average molecular weight is 437 g/mol. The fourth-order valence-corrected chi connectivity index (χ4v) is 4.33. The molecule has 0 bridgehead atoms. The van der Waals surface area contributed by atoms with Crippen LogP contribution in [0.2, 0.25) is 0 Å². The Morgan fingerprint density at radius 1 is 1.16 bits per heavy atom. The van der Waals surface area contributed by atoms with E-state index in [4.69, 9.17) is 23.4 Å². The summed E-state index contributed by atoms with van der Waals surface area (Å²) in [7, 11) is 0. The van der Waals surface area contributed by atoms with Crippen molar-refractivity contribution >= 4 is 11.0 Å². The summed E-state index contributed by atoms with van der Waals surface area (Å²) in [6.45, 7) is 6.91. The molecule has 0 spiro atoms. The normalized spacial score (nSPS) is 18.4. The number of fused-ring (bicyclic) bond motifs is 3. The molecule has 1 aromatic heterocycles. The standard InChI is InChI=1S/C25H27NO6/c1-3-28-21-8-4-5-9-22(21)32-24-16(2)31-25-18(23(24)27)10-11-20-19(25)14-26(15-30-20)13-17-7-6-12-29-17/h4-5,8-11,17H,3,6-7,12-15H2,1-2H3/t17-/m1/s1. The van der Waals surface area contributed by atoms with Gasteiger partial charge in [0.05, 0.1) is 23.7 Å². The molecule has 3 aromatic rings. The van der Waals surface area contributed by atoms with Crippen molar-refractivity contribution < 1.29 is 23.4 Å². The third-order valence-electron chi connectivity index (χ3n) is 5.87. The maximum atomic E-state index is 13.4. The van der Waals surface area contributed by atoms with Crippen molar-refractivity contribution in [3.8, 4) is 23.0 Å². The van der Waals surface area contributed by atoms with Crippen LogP contribution in [0.1, 0.15) is 31.1 Å². The Morgan fingerprint density at radius 3 is 2.78 bits per heavy atom. The molecule has 1 atom stereocenters. The Kier molecular flexibility index (Phi) is 5.76. The van der Waals surface area contributed by atoms with Gasteiger partial charge in [0.2, 0.25) is 11.2 Å². The lowest BCUT2D eigenvalue weighted by atomic mass is 10.1. The minimum Gasteiger partial charge on any atom is -0.490 e. The van der Waals surface area contributed by atoms with E-state index in [1.807, 2.05) is 31.2 Å². The summed E-state index contributed by atoms with van der Waals surface area (Å²) >= 11 is 0. The maximum absolute atomic E-state index is 13.4. The van der Waals surface area contributed by atoms with Gasteiger partial charge >= 0.3 is 0 Å². The molecule has 1 fully saturated rings. The highest BCUT2D eigenvalue weighted by Crippen LogP contribution is 2.36. The topological polar surface area (TPSA) is 70.4 Å². The van der Waals surface area contributed by atoms with Crippen LogP contribution in [-0.2, 0) is 11.3 Å². The number of benzene rings is 2. The summed E-state index contributed by atoms with van der Waals surface area (Å²) in [5, 5.41) is 0.473. The summed E-state index contributed by atoms with van der Waals surface area (Å²) in [6.07, 6.45) is 2.40. The van der Waals surface area contributed by atoms with Gasteiger partial charge in [-0.2, -0.15) is 0 Å². The minimum absolute atomic E-state index is 0.164. The van der Waals surface area contributed by atoms with Crippen molar-refractivity contribution in [2.24, 2.45) is 0 Å². The van der Waals surface area contributed by atoms with Gasteiger partial charge < -0.3 is 23.4 Å². The van der Waals surface area contributed by atoms with E-state index >= 15 is 0 Å². The van der Waals surface area contributed by atoms with Gasteiger partial charge in [-0.15, -0.1) is 0 Å². The molecular formula is C25H27NO6. The summed E-state index contributed by atoms with van der Waals surface area (Å²) in [4.78, 5) is 15.6. The molecule has 32 heavy (non-hydrogen) atoms. The molecule has 2 aliphatic rings. The second kappa shape index (κ2) is 8.84. The van der Waals surface area contributed by atoms with Crippen LogP contribution in [0, 0.1) is 6.92 Å². The lowest BCUT2D eigenvalue weighted by Crippen LogP contribution is -2.37. The summed E-state index contributed by atoms with van der Waals surface area (Å²) in [6, 6.07) is 10.9. The van der Waals surface area contributed by atoms with Gasteiger partial charge in [-0.3, -0.25) is 9.69 Å². The predicted molar refractivity (Wildman–Crippen MR) is 120 cm³/mol. The monoisotopic (exact) mass is 437 g/mol. The van der Waals surface area contributed by atoms with Crippen LogP contribution < -0.4 is 19.6 Å². The van der Waals surface area contributed by atoms with Crippen LogP contribution in [0.3, 0.4) is 0 Å². The first kappa shape index (κ1) is 20.8. The molecule has 7 nitrogen and oxygen atoms in total. The largest absolute Gasteiger partial charge is 0.490 e. The Balaban J connectivity index is 1.49. The van der Waals surface area contributed by atoms with Crippen molar-refractivity contribution in [3.05, 3.63) is 57.9 Å². The first-order valence-electron chi connectivity index (χ1n) is 11.1. The highest BCUT2D eigenvalue weighted by atomic mass is 16.5. The van der Waals surface area contributed by atoms with E-state index < -0.39 is 0 Å². The lowest BCUT2D eigenvalue weighted by Gasteiger charge is -2.30. The smallest absolute Gasteiger partial charge is 0.235 e. The number of rotatable bonds is 6. The molecule has 5 rings (SSSR count). The molecule has 3 heterocycles. The lowest BCUT2D eigenvalue weighted by molar-refractivity contribution is 0.0281. The van der Waals surface area contributed by atoms with Crippen molar-refractivity contribution in [1.82, 2.24) is 4.90 Å². The van der Waals surface area contributed by atoms with E-state index in [1.165, 1.54) is 0 Å². The zero-order chi connectivity index (χ0) is 22.1. The van der Waals surface area contributed by atoms with E-state index in [2.05, 4.69) is 4.90 Å². The third kappa shape index (κ3) is 3.94. The van der Waals surface area contributed by atoms with Gasteiger partial charge in [0.1, 0.15) is 23.8 Å². The van der Waals surface area contributed by atoms with Crippen LogP contribution in [0.25, 0.3) is 11.0 Å². The molecule has 0 unspecified atom stereocenters. The number of nitrogens with zero attached hydrogens (tertiary/aromatic N) is 1. The van der Waals surface area contributed by atoms with Gasteiger partial charge in [0.15, 0.2) is 11.5 Å². The number of hydrogen-bond donors (Lipinski definition) is 0. The number of hydrogen-bond acceptors (Lipinski definition) is 7. The number of ether oxygens (including phenoxy) is 4. The van der Waals surface area contributed by atoms with E-state index in [-0.39, 0.29) is 17.3 Å². The second-order valence-electron chi connectivity index (χ2n) is 8.14. The molecule has 1 saturated heterocycles. The van der Waals surface area contributed by atoms with E-state index in [9.17, 15) is 4.79 Å². The highest BCUT2D eigenvalue weighted by molar-refractivity contribution is 5.83. The van der Waals surface area contributed by atoms with Gasteiger partial charge in [-0.25, -0.2) is 0 Å². The molecule has 0 radical (unpaired) electrons. The number of aryl methyl sites for hydroxylation is 1. The zero-order valence-corrected chi connectivity index (χ0v) is 18.4. The van der Waals surface area contributed by atoms with Gasteiger partial charge in [-0.05, 0) is 51.0 Å². The fourth-order valence-electron chi connectivity index (χ4n) is 4.33. The summed E-state index contributed by atoms with van der Waals surface area (Å²) in [5.74, 6) is 2.39. The number of para-hydroxylation sites is 2. The van der Waals surface area contributed by atoms with Gasteiger partial charge in [0, 0.05) is 19.7 Å². The first-order valence-corrected chi connectivity index (χ1v) is 11.1. The van der Waals surface area contributed by atoms with Crippen LogP contribution in [-0.4, -0.2) is 37.5 Å². The predicted octanol–water partition coefficient (Wildman–Crippen LogP) is 4.62. The van der Waals surface area contributed by atoms with Crippen LogP contribution in [0.15, 0.2) is 45.6 Å². The molecule has 7 heteroatoms. The molecule has 0 N–H and O–H groups in total. The minimum atomic E-state index is -0.214. The fraction of sp³-hybridized carbons (Fsp3) is 0.400. The van der Waals surface area contributed by atoms with E-state index in [0.29, 0.717) is 48.1 Å². The Bertz CT molecular complexity index is 1180. The van der Waals surface area contributed by atoms with E-state index in [0.717, 1.165) is 37.3 Å². The van der Waals surface area contributed by atoms with Crippen LogP contribution in [0.5, 0.6) is 23.0 Å². The van der Waals surface area contributed by atoms with Crippen molar-refractivity contribution in [3.63, 3.8) is 0 Å². The van der Waals surface area contributed by atoms with E-state index in [1.54, 1.807) is 19.1 Å². The first-order chi connectivity index (χ1) is 15.6. The summed E-state index contributed by atoms with van der Waals surface area (Å²) in [5.41, 5.74) is 1.22. The van der Waals surface area contributed by atoms with Crippen LogP contribution in [0.4, 0.5) is 0 Å². The maximum Gasteiger partial charge on any atom is 0.235 e. The van der Waals surface area contributed by atoms with Gasteiger partial charge in [-0.1, -0.05) is 12.1 Å². The van der Waals surface area contributed by atoms with Crippen molar-refractivity contribution in [2.45, 2.75) is 39.3 Å².